The second-order valence-corrected chi connectivity index (χ2v) is 14.5. The van der Waals surface area contributed by atoms with E-state index in [0.717, 1.165) is 5.56 Å². The lowest BCUT2D eigenvalue weighted by Crippen LogP contribution is -2.47. The molecule has 2 aliphatic heterocycles. The maximum Gasteiger partial charge on any atom is 0.410 e. The predicted octanol–water partition coefficient (Wildman–Crippen LogP) is 3.61. The van der Waals surface area contributed by atoms with Crippen molar-refractivity contribution in [2.24, 2.45) is 5.41 Å². The van der Waals surface area contributed by atoms with Gasteiger partial charge in [0.15, 0.2) is 15.5 Å². The Labute approximate surface area is 273 Å². The van der Waals surface area contributed by atoms with Crippen molar-refractivity contribution in [2.75, 3.05) is 32.5 Å². The maximum atomic E-state index is 14.0. The van der Waals surface area contributed by atoms with Gasteiger partial charge >= 0.3 is 17.6 Å². The summed E-state index contributed by atoms with van der Waals surface area (Å²) in [5.41, 5.74) is -1.34. The van der Waals surface area contributed by atoms with Crippen molar-refractivity contribution in [1.82, 2.24) is 19.4 Å². The molecule has 0 saturated carbocycles. The van der Waals surface area contributed by atoms with Crippen molar-refractivity contribution < 1.29 is 37.0 Å². The highest BCUT2D eigenvalue weighted by atomic mass is 32.2. The fourth-order valence-electron chi connectivity index (χ4n) is 5.46. The number of amides is 2. The maximum absolute atomic E-state index is 14.0. The summed E-state index contributed by atoms with van der Waals surface area (Å²) in [5.74, 6) is -1.66. The smallest absolute Gasteiger partial charge is 0.410 e. The third-order valence-electron chi connectivity index (χ3n) is 8.10. The van der Waals surface area contributed by atoms with E-state index in [1.54, 1.807) is 20.8 Å². The minimum Gasteiger partial charge on any atom is -0.497 e. The topological polar surface area (TPSA) is 154 Å². The van der Waals surface area contributed by atoms with Crippen molar-refractivity contribution >= 4 is 27.8 Å². The van der Waals surface area contributed by atoms with Crippen molar-refractivity contribution in [3.63, 3.8) is 0 Å². The van der Waals surface area contributed by atoms with Crippen LogP contribution in [0.3, 0.4) is 0 Å². The van der Waals surface area contributed by atoms with Gasteiger partial charge in [0.1, 0.15) is 18.2 Å². The van der Waals surface area contributed by atoms with Gasteiger partial charge in [-0.2, -0.15) is 4.98 Å². The van der Waals surface area contributed by atoms with Gasteiger partial charge in [-0.05, 0) is 63.4 Å². The molecule has 5 rings (SSSR count). The van der Waals surface area contributed by atoms with Gasteiger partial charge in [0, 0.05) is 26.2 Å². The molecule has 14 heteroatoms. The summed E-state index contributed by atoms with van der Waals surface area (Å²) < 4.78 is 43.9. The van der Waals surface area contributed by atoms with E-state index in [4.69, 9.17) is 14.2 Å². The number of carbonyl (C=O) groups excluding carboxylic acids is 3. The number of hydrogen-bond acceptors (Lipinski definition) is 10. The molecule has 13 nitrogen and oxygen atoms in total. The largest absolute Gasteiger partial charge is 0.497 e. The Morgan fingerprint density at radius 1 is 0.979 bits per heavy atom. The SMILES string of the molecule is COc1ccc(S(=O)(=O)CCN2CCn3c([C@@H]4CCCN4C(=O)OCc4ccccc4)nc(=O)c(OC(=O)C(C)(C)C)c3C2=O)cc1. The molecule has 0 aliphatic carbocycles. The Kier molecular flexibility index (Phi) is 9.70. The van der Waals surface area contributed by atoms with Crippen LogP contribution >= 0.6 is 0 Å². The standard InChI is InChI=1S/C33H38N4O9S/c1-33(2,3)31(40)46-27-26-30(39)35(19-20-47(42,43)24-14-12-23(44-4)13-15-24)17-18-37(26)28(34-29(27)38)25-11-8-16-36(25)32(41)45-21-22-9-6-5-7-10-22/h5-7,9-10,12-15,25H,8,11,16-21H2,1-4H3/t25-/m0/s1. The van der Waals surface area contributed by atoms with Gasteiger partial charge < -0.3 is 23.7 Å². The Morgan fingerprint density at radius 2 is 1.68 bits per heavy atom. The molecule has 0 spiro atoms. The van der Waals surface area contributed by atoms with E-state index < -0.39 is 50.6 Å². The van der Waals surface area contributed by atoms with Crippen LogP contribution in [0.25, 0.3) is 0 Å². The van der Waals surface area contributed by atoms with E-state index in [1.165, 1.54) is 45.7 Å². The van der Waals surface area contributed by atoms with Gasteiger partial charge in [0.2, 0.25) is 5.75 Å². The van der Waals surface area contributed by atoms with Crippen molar-refractivity contribution in [3.8, 4) is 11.5 Å². The van der Waals surface area contributed by atoms with Crippen LogP contribution in [0.1, 0.15) is 61.5 Å². The minimum atomic E-state index is -3.78. The van der Waals surface area contributed by atoms with Gasteiger partial charge in [0.25, 0.3) is 5.91 Å². The number of hydrogen-bond donors (Lipinski definition) is 0. The summed E-state index contributed by atoms with van der Waals surface area (Å²) in [6.07, 6.45) is 0.488. The number of ether oxygens (including phenoxy) is 3. The molecular formula is C33H38N4O9S. The van der Waals surface area contributed by atoms with E-state index in [9.17, 15) is 27.6 Å². The number of carbonyl (C=O) groups is 3. The number of nitrogens with zero attached hydrogens (tertiary/aromatic N) is 4. The molecule has 2 aliphatic rings. The van der Waals surface area contributed by atoms with Crippen LogP contribution in [0.2, 0.25) is 0 Å². The summed E-state index contributed by atoms with van der Waals surface area (Å²) in [6.45, 7) is 5.28. The first-order chi connectivity index (χ1) is 22.3. The van der Waals surface area contributed by atoms with Crippen molar-refractivity contribution in [2.45, 2.75) is 57.7 Å². The molecule has 2 aromatic carbocycles. The number of fused-ring (bicyclic) bond motifs is 1. The molecule has 1 saturated heterocycles. The molecule has 0 bridgehead atoms. The van der Waals surface area contributed by atoms with Crippen LogP contribution in [-0.4, -0.2) is 78.2 Å². The second kappa shape index (κ2) is 13.6. The molecule has 1 aromatic heterocycles. The molecule has 250 valence electrons. The Hall–Kier alpha value is -4.72. The second-order valence-electron chi connectivity index (χ2n) is 12.4. The average molecular weight is 667 g/mol. The number of likely N-dealkylation sites (tertiary alicyclic amines) is 1. The van der Waals surface area contributed by atoms with Crippen LogP contribution in [0.15, 0.2) is 64.3 Å². The van der Waals surface area contributed by atoms with Crippen LogP contribution in [-0.2, 0) is 32.5 Å². The van der Waals surface area contributed by atoms with Gasteiger partial charge in [-0.15, -0.1) is 0 Å². The number of methoxy groups -OCH3 is 1. The lowest BCUT2D eigenvalue weighted by molar-refractivity contribution is -0.143. The normalized spacial score (nSPS) is 16.5. The van der Waals surface area contributed by atoms with Crippen molar-refractivity contribution in [1.29, 1.82) is 0 Å². The minimum absolute atomic E-state index is 0.0585. The van der Waals surface area contributed by atoms with Gasteiger partial charge in [-0.1, -0.05) is 30.3 Å². The highest BCUT2D eigenvalue weighted by molar-refractivity contribution is 7.91. The molecule has 1 atom stereocenters. The molecule has 47 heavy (non-hydrogen) atoms. The first-order valence-corrected chi connectivity index (χ1v) is 17.0. The fraction of sp³-hybridized carbons (Fsp3) is 0.424. The number of benzene rings is 2. The zero-order valence-corrected chi connectivity index (χ0v) is 27.6. The molecular weight excluding hydrogens is 628 g/mol. The van der Waals surface area contributed by atoms with E-state index in [2.05, 4.69) is 4.98 Å². The lowest BCUT2D eigenvalue weighted by Gasteiger charge is -2.34. The molecule has 0 unspecified atom stereocenters. The summed E-state index contributed by atoms with van der Waals surface area (Å²) in [7, 11) is -2.30. The van der Waals surface area contributed by atoms with Crippen LogP contribution in [0, 0.1) is 5.41 Å². The Balaban J connectivity index is 1.45. The van der Waals surface area contributed by atoms with E-state index in [0.29, 0.717) is 25.1 Å². The van der Waals surface area contributed by atoms with Gasteiger partial charge in [-0.3, -0.25) is 19.3 Å². The zero-order chi connectivity index (χ0) is 33.9. The monoisotopic (exact) mass is 666 g/mol. The zero-order valence-electron chi connectivity index (χ0n) is 26.8. The molecule has 3 heterocycles. The first kappa shape index (κ1) is 33.6. The van der Waals surface area contributed by atoms with Gasteiger partial charge in [0.05, 0.1) is 29.2 Å². The summed E-state index contributed by atoms with van der Waals surface area (Å²) in [5, 5.41) is 0. The molecule has 0 N–H and O–H groups in total. The molecule has 3 aromatic rings. The number of esters is 1. The highest BCUT2D eigenvalue weighted by Crippen LogP contribution is 2.34. The van der Waals surface area contributed by atoms with Crippen LogP contribution in [0.5, 0.6) is 11.5 Å². The third kappa shape index (κ3) is 7.32. The molecule has 2 amide bonds. The fourth-order valence-corrected chi connectivity index (χ4v) is 6.70. The molecule has 1 fully saturated rings. The van der Waals surface area contributed by atoms with E-state index in [1.807, 2.05) is 30.3 Å². The third-order valence-corrected chi connectivity index (χ3v) is 9.81. The average Bonchev–Trinajstić information content (AvgIpc) is 3.54. The number of rotatable bonds is 9. The number of sulfone groups is 1. The Bertz CT molecular complexity index is 1820. The van der Waals surface area contributed by atoms with E-state index >= 15 is 0 Å². The summed E-state index contributed by atoms with van der Waals surface area (Å²) in [6, 6.07) is 14.5. The first-order valence-electron chi connectivity index (χ1n) is 15.3. The van der Waals surface area contributed by atoms with Gasteiger partial charge in [-0.25, -0.2) is 13.2 Å². The Morgan fingerprint density at radius 3 is 2.34 bits per heavy atom. The highest BCUT2D eigenvalue weighted by Gasteiger charge is 2.40. The summed E-state index contributed by atoms with van der Waals surface area (Å²) >= 11 is 0. The predicted molar refractivity (Wildman–Crippen MR) is 170 cm³/mol. The van der Waals surface area contributed by atoms with Crippen LogP contribution in [0.4, 0.5) is 4.79 Å². The quantitative estimate of drug-likeness (QED) is 0.310. The van der Waals surface area contributed by atoms with E-state index in [-0.39, 0.29) is 48.4 Å². The number of aromatic nitrogens is 2. The summed E-state index contributed by atoms with van der Waals surface area (Å²) in [4.78, 5) is 60.8. The lowest BCUT2D eigenvalue weighted by atomic mass is 9.97. The molecule has 0 radical (unpaired) electrons. The van der Waals surface area contributed by atoms with Crippen molar-refractivity contribution in [3.05, 3.63) is 82.0 Å². The van der Waals surface area contributed by atoms with Crippen LogP contribution < -0.4 is 15.0 Å².